The van der Waals surface area contributed by atoms with Crippen LogP contribution in [0.25, 0.3) is 0 Å². The molecule has 1 heterocycles. The van der Waals surface area contributed by atoms with Crippen LogP contribution in [0.3, 0.4) is 0 Å². The van der Waals surface area contributed by atoms with Gasteiger partial charge in [0.05, 0.1) is 11.4 Å². The third kappa shape index (κ3) is 3.71. The average molecular weight is 263 g/mol. The van der Waals surface area contributed by atoms with Gasteiger partial charge >= 0.3 is 0 Å². The molecule has 1 aromatic carbocycles. The Hall–Kier alpha value is -2.04. The third-order valence-electron chi connectivity index (χ3n) is 2.70. The number of nitrogens with one attached hydrogen (secondary N) is 1. The van der Waals surface area contributed by atoms with E-state index in [-0.39, 0.29) is 0 Å². The molecule has 0 aliphatic heterocycles. The lowest BCUT2D eigenvalue weighted by Gasteiger charge is -2.08. The van der Waals surface area contributed by atoms with Crippen molar-refractivity contribution in [1.29, 1.82) is 0 Å². The second-order valence-corrected chi connectivity index (χ2v) is 4.40. The Kier molecular flexibility index (Phi) is 4.04. The SMILES string of the molecule is Cc1cnc(C)c(NCCc2cc(F)cc(F)c2)n1. The quantitative estimate of drug-likeness (QED) is 0.921. The molecule has 3 nitrogen and oxygen atoms in total. The summed E-state index contributed by atoms with van der Waals surface area (Å²) in [6, 6.07) is 3.53. The number of aryl methyl sites for hydroxylation is 2. The van der Waals surface area contributed by atoms with Gasteiger partial charge in [0.15, 0.2) is 0 Å². The minimum atomic E-state index is -0.554. The van der Waals surface area contributed by atoms with E-state index in [0.717, 1.165) is 17.5 Å². The molecule has 5 heteroatoms. The van der Waals surface area contributed by atoms with Crippen LogP contribution in [0.4, 0.5) is 14.6 Å². The molecule has 0 amide bonds. The molecule has 0 saturated carbocycles. The van der Waals surface area contributed by atoms with Crippen molar-refractivity contribution in [2.24, 2.45) is 0 Å². The summed E-state index contributed by atoms with van der Waals surface area (Å²) in [6.07, 6.45) is 2.21. The van der Waals surface area contributed by atoms with Crippen molar-refractivity contribution in [1.82, 2.24) is 9.97 Å². The maximum Gasteiger partial charge on any atom is 0.147 e. The lowest BCUT2D eigenvalue weighted by molar-refractivity contribution is 0.580. The van der Waals surface area contributed by atoms with Gasteiger partial charge in [-0.1, -0.05) is 0 Å². The Balaban J connectivity index is 1.98. The van der Waals surface area contributed by atoms with E-state index >= 15 is 0 Å². The highest BCUT2D eigenvalue weighted by Gasteiger charge is 2.03. The highest BCUT2D eigenvalue weighted by Crippen LogP contribution is 2.11. The van der Waals surface area contributed by atoms with E-state index in [1.807, 2.05) is 13.8 Å². The fourth-order valence-electron chi connectivity index (χ4n) is 1.79. The van der Waals surface area contributed by atoms with Crippen molar-refractivity contribution in [2.45, 2.75) is 20.3 Å². The molecule has 2 rings (SSSR count). The Morgan fingerprint density at radius 3 is 2.47 bits per heavy atom. The average Bonchev–Trinajstić information content (AvgIpc) is 2.32. The summed E-state index contributed by atoms with van der Waals surface area (Å²) < 4.78 is 26.0. The molecule has 0 spiro atoms. The molecular weight excluding hydrogens is 248 g/mol. The van der Waals surface area contributed by atoms with E-state index in [0.29, 0.717) is 24.3 Å². The summed E-state index contributed by atoms with van der Waals surface area (Å²) in [7, 11) is 0. The number of benzene rings is 1. The minimum absolute atomic E-state index is 0.518. The second kappa shape index (κ2) is 5.73. The summed E-state index contributed by atoms with van der Waals surface area (Å²) in [6.45, 7) is 4.26. The Labute approximate surface area is 110 Å². The molecule has 100 valence electrons. The fourth-order valence-corrected chi connectivity index (χ4v) is 1.79. The summed E-state index contributed by atoms with van der Waals surface area (Å²) in [5.74, 6) is -0.403. The third-order valence-corrected chi connectivity index (χ3v) is 2.70. The first-order valence-corrected chi connectivity index (χ1v) is 6.03. The van der Waals surface area contributed by atoms with Crippen LogP contribution in [0.5, 0.6) is 0 Å². The number of anilines is 1. The summed E-state index contributed by atoms with van der Waals surface area (Å²) in [5.41, 5.74) is 2.24. The van der Waals surface area contributed by atoms with E-state index in [4.69, 9.17) is 0 Å². The number of nitrogens with zero attached hydrogens (tertiary/aromatic N) is 2. The molecule has 0 radical (unpaired) electrons. The molecule has 1 aromatic heterocycles. The van der Waals surface area contributed by atoms with Gasteiger partial charge < -0.3 is 5.32 Å². The first-order valence-electron chi connectivity index (χ1n) is 6.03. The van der Waals surface area contributed by atoms with Crippen LogP contribution in [0, 0.1) is 25.5 Å². The van der Waals surface area contributed by atoms with Gasteiger partial charge in [0.2, 0.25) is 0 Å². The van der Waals surface area contributed by atoms with Crippen molar-refractivity contribution in [3.63, 3.8) is 0 Å². The minimum Gasteiger partial charge on any atom is -0.368 e. The van der Waals surface area contributed by atoms with E-state index in [1.54, 1.807) is 6.20 Å². The maximum absolute atomic E-state index is 13.0. The van der Waals surface area contributed by atoms with E-state index in [1.165, 1.54) is 12.1 Å². The normalized spacial score (nSPS) is 10.5. The molecule has 0 unspecified atom stereocenters. The topological polar surface area (TPSA) is 37.8 Å². The zero-order chi connectivity index (χ0) is 13.8. The molecule has 1 N–H and O–H groups in total. The first kappa shape index (κ1) is 13.4. The Morgan fingerprint density at radius 2 is 1.79 bits per heavy atom. The van der Waals surface area contributed by atoms with Crippen LogP contribution in [-0.2, 0) is 6.42 Å². The van der Waals surface area contributed by atoms with Gasteiger partial charge in [-0.3, -0.25) is 4.98 Å². The molecule has 0 bridgehead atoms. The summed E-state index contributed by atoms with van der Waals surface area (Å²) in [5, 5.41) is 3.12. The van der Waals surface area contributed by atoms with Gasteiger partial charge in [0.25, 0.3) is 0 Å². The van der Waals surface area contributed by atoms with Gasteiger partial charge in [-0.05, 0) is 38.0 Å². The molecule has 0 atom stereocenters. The Bertz CT molecular complexity index is 565. The number of hydrogen-bond donors (Lipinski definition) is 1. The summed E-state index contributed by atoms with van der Waals surface area (Å²) in [4.78, 5) is 8.50. The van der Waals surface area contributed by atoms with Gasteiger partial charge in [-0.25, -0.2) is 13.8 Å². The van der Waals surface area contributed by atoms with Crippen molar-refractivity contribution < 1.29 is 8.78 Å². The van der Waals surface area contributed by atoms with Gasteiger partial charge in [0.1, 0.15) is 17.5 Å². The number of aromatic nitrogens is 2. The van der Waals surface area contributed by atoms with Crippen molar-refractivity contribution in [3.05, 3.63) is 53.0 Å². The van der Waals surface area contributed by atoms with Crippen LogP contribution < -0.4 is 5.32 Å². The zero-order valence-corrected chi connectivity index (χ0v) is 10.9. The van der Waals surface area contributed by atoms with Crippen molar-refractivity contribution >= 4 is 5.82 Å². The highest BCUT2D eigenvalue weighted by molar-refractivity contribution is 5.39. The van der Waals surface area contributed by atoms with Crippen LogP contribution in [-0.4, -0.2) is 16.5 Å². The Morgan fingerprint density at radius 1 is 1.11 bits per heavy atom. The van der Waals surface area contributed by atoms with Gasteiger partial charge in [-0.15, -0.1) is 0 Å². The summed E-state index contributed by atoms with van der Waals surface area (Å²) >= 11 is 0. The van der Waals surface area contributed by atoms with E-state index in [2.05, 4.69) is 15.3 Å². The molecular formula is C14H15F2N3. The molecule has 0 fully saturated rings. The lowest BCUT2D eigenvalue weighted by atomic mass is 10.1. The standard InChI is InChI=1S/C14H15F2N3/c1-9-8-18-10(2)14(19-9)17-4-3-11-5-12(15)7-13(16)6-11/h5-8H,3-4H2,1-2H3,(H,17,19). The predicted octanol–water partition coefficient (Wildman–Crippen LogP) is 3.03. The van der Waals surface area contributed by atoms with Gasteiger partial charge in [-0.2, -0.15) is 0 Å². The van der Waals surface area contributed by atoms with Crippen LogP contribution >= 0.6 is 0 Å². The predicted molar refractivity (Wildman–Crippen MR) is 70.1 cm³/mol. The number of rotatable bonds is 4. The monoisotopic (exact) mass is 263 g/mol. The second-order valence-electron chi connectivity index (χ2n) is 4.40. The van der Waals surface area contributed by atoms with Crippen molar-refractivity contribution in [2.75, 3.05) is 11.9 Å². The number of hydrogen-bond acceptors (Lipinski definition) is 3. The van der Waals surface area contributed by atoms with Crippen molar-refractivity contribution in [3.8, 4) is 0 Å². The first-order chi connectivity index (χ1) is 9.04. The largest absolute Gasteiger partial charge is 0.368 e. The molecule has 2 aromatic rings. The van der Waals surface area contributed by atoms with Crippen LogP contribution in [0.15, 0.2) is 24.4 Å². The molecule has 0 aliphatic carbocycles. The lowest BCUT2D eigenvalue weighted by Crippen LogP contribution is -2.09. The molecule has 0 aliphatic rings. The number of halogens is 2. The van der Waals surface area contributed by atoms with Crippen LogP contribution in [0.1, 0.15) is 17.0 Å². The van der Waals surface area contributed by atoms with Gasteiger partial charge in [0, 0.05) is 18.8 Å². The molecule has 0 saturated heterocycles. The smallest absolute Gasteiger partial charge is 0.147 e. The molecule has 19 heavy (non-hydrogen) atoms. The maximum atomic E-state index is 13.0. The van der Waals surface area contributed by atoms with E-state index in [9.17, 15) is 8.78 Å². The zero-order valence-electron chi connectivity index (χ0n) is 10.9. The van der Waals surface area contributed by atoms with E-state index < -0.39 is 11.6 Å². The highest BCUT2D eigenvalue weighted by atomic mass is 19.1. The van der Waals surface area contributed by atoms with Crippen LogP contribution in [0.2, 0.25) is 0 Å². The fraction of sp³-hybridized carbons (Fsp3) is 0.286.